The molecule has 0 aliphatic carbocycles. The zero-order chi connectivity index (χ0) is 10.0. The summed E-state index contributed by atoms with van der Waals surface area (Å²) in [4.78, 5) is 3.20. The van der Waals surface area contributed by atoms with Crippen molar-refractivity contribution in [2.75, 3.05) is 0 Å². The van der Waals surface area contributed by atoms with Crippen molar-refractivity contribution in [3.63, 3.8) is 0 Å². The minimum atomic E-state index is -2.79. The van der Waals surface area contributed by atoms with E-state index in [4.69, 9.17) is 5.11 Å². The second kappa shape index (κ2) is 4.06. The van der Waals surface area contributed by atoms with Crippen molar-refractivity contribution >= 4 is 15.9 Å². The molecule has 0 radical (unpaired) electrons. The summed E-state index contributed by atoms with van der Waals surface area (Å²) in [5.74, 6) is -0.807. The zero-order valence-electron chi connectivity index (χ0n) is 6.27. The van der Waals surface area contributed by atoms with Gasteiger partial charge in [-0.15, -0.1) is 0 Å². The molecule has 0 amide bonds. The quantitative estimate of drug-likeness (QED) is 0.881. The molecular formula is C7H5BrF3NO. The van der Waals surface area contributed by atoms with Crippen LogP contribution in [0.15, 0.2) is 10.7 Å². The molecule has 0 bridgehead atoms. The fourth-order valence-corrected chi connectivity index (χ4v) is 1.41. The van der Waals surface area contributed by atoms with Crippen LogP contribution >= 0.6 is 15.9 Å². The summed E-state index contributed by atoms with van der Waals surface area (Å²) in [5, 5.41) is 8.66. The van der Waals surface area contributed by atoms with E-state index >= 15 is 0 Å². The van der Waals surface area contributed by atoms with Crippen molar-refractivity contribution in [3.8, 4) is 0 Å². The van der Waals surface area contributed by atoms with Gasteiger partial charge in [0.25, 0.3) is 6.43 Å². The number of alkyl halides is 2. The number of hydrogen-bond donors (Lipinski definition) is 1. The Hall–Kier alpha value is -0.620. The van der Waals surface area contributed by atoms with Gasteiger partial charge in [-0.2, -0.15) is 0 Å². The summed E-state index contributed by atoms with van der Waals surface area (Å²) in [6, 6.07) is 0. The van der Waals surface area contributed by atoms with Gasteiger partial charge >= 0.3 is 0 Å². The average Bonchev–Trinajstić information content (AvgIpc) is 2.04. The normalized spacial score (nSPS) is 10.9. The Kier molecular flexibility index (Phi) is 3.27. The molecule has 1 rings (SSSR count). The number of aliphatic hydroxyl groups excluding tert-OH is 1. The number of halogens is 4. The Balaban J connectivity index is 3.27. The molecule has 1 aromatic rings. The number of aliphatic hydroxyl groups is 1. The highest BCUT2D eigenvalue weighted by Crippen LogP contribution is 2.29. The lowest BCUT2D eigenvalue weighted by Crippen LogP contribution is -2.00. The summed E-state index contributed by atoms with van der Waals surface area (Å²) in [6.45, 7) is -0.644. The van der Waals surface area contributed by atoms with Crippen LogP contribution in [0.1, 0.15) is 17.7 Å². The molecule has 1 N–H and O–H groups in total. The predicted molar refractivity (Wildman–Crippen MR) is 42.8 cm³/mol. The van der Waals surface area contributed by atoms with Crippen LogP contribution in [0.4, 0.5) is 13.2 Å². The van der Waals surface area contributed by atoms with E-state index in [0.29, 0.717) is 6.20 Å². The number of rotatable bonds is 2. The van der Waals surface area contributed by atoms with Crippen LogP contribution in [-0.2, 0) is 6.61 Å². The van der Waals surface area contributed by atoms with Gasteiger partial charge in [0.2, 0.25) is 0 Å². The van der Waals surface area contributed by atoms with E-state index < -0.39 is 24.5 Å². The van der Waals surface area contributed by atoms with Crippen molar-refractivity contribution in [1.82, 2.24) is 4.98 Å². The Morgan fingerprint density at radius 1 is 1.54 bits per heavy atom. The van der Waals surface area contributed by atoms with Gasteiger partial charge in [-0.25, -0.2) is 13.2 Å². The number of pyridine rings is 1. The van der Waals surface area contributed by atoms with E-state index in [-0.39, 0.29) is 10.0 Å². The Morgan fingerprint density at radius 2 is 2.15 bits per heavy atom. The van der Waals surface area contributed by atoms with Crippen LogP contribution in [0.3, 0.4) is 0 Å². The lowest BCUT2D eigenvalue weighted by Gasteiger charge is -2.06. The number of nitrogens with zero attached hydrogens (tertiary/aromatic N) is 1. The third-order valence-electron chi connectivity index (χ3n) is 1.46. The topological polar surface area (TPSA) is 33.1 Å². The average molecular weight is 256 g/mol. The Bertz CT molecular complexity index is 319. The molecule has 0 aromatic carbocycles. The first-order chi connectivity index (χ1) is 6.07. The summed E-state index contributed by atoms with van der Waals surface area (Å²) in [6.07, 6.45) is -2.13. The second-order valence-electron chi connectivity index (χ2n) is 2.24. The first-order valence-corrected chi connectivity index (χ1v) is 4.09. The zero-order valence-corrected chi connectivity index (χ0v) is 7.85. The van der Waals surface area contributed by atoms with Gasteiger partial charge in [0.05, 0.1) is 17.3 Å². The van der Waals surface area contributed by atoms with E-state index in [1.807, 2.05) is 0 Å². The van der Waals surface area contributed by atoms with Crippen molar-refractivity contribution in [2.45, 2.75) is 13.0 Å². The molecule has 72 valence electrons. The molecule has 1 heterocycles. The molecule has 13 heavy (non-hydrogen) atoms. The van der Waals surface area contributed by atoms with Gasteiger partial charge in [-0.05, 0) is 15.9 Å². The largest absolute Gasteiger partial charge is 0.392 e. The maximum absolute atomic E-state index is 12.8. The molecule has 0 saturated carbocycles. The van der Waals surface area contributed by atoms with E-state index in [9.17, 15) is 13.2 Å². The number of hydrogen-bond acceptors (Lipinski definition) is 2. The molecule has 0 fully saturated rings. The molecular weight excluding hydrogens is 251 g/mol. The van der Waals surface area contributed by atoms with Crippen LogP contribution in [0, 0.1) is 5.82 Å². The highest BCUT2D eigenvalue weighted by molar-refractivity contribution is 9.10. The summed E-state index contributed by atoms with van der Waals surface area (Å²) >= 11 is 2.75. The molecule has 6 heteroatoms. The molecule has 0 saturated heterocycles. The van der Waals surface area contributed by atoms with E-state index in [1.165, 1.54) is 0 Å². The summed E-state index contributed by atoms with van der Waals surface area (Å²) < 4.78 is 37.0. The van der Waals surface area contributed by atoms with Gasteiger partial charge in [0.15, 0.2) is 0 Å². The summed E-state index contributed by atoms with van der Waals surface area (Å²) in [7, 11) is 0. The molecule has 1 aromatic heterocycles. The van der Waals surface area contributed by atoms with Crippen molar-refractivity contribution < 1.29 is 18.3 Å². The van der Waals surface area contributed by atoms with Gasteiger partial charge < -0.3 is 5.11 Å². The maximum atomic E-state index is 12.8. The van der Waals surface area contributed by atoms with Crippen molar-refractivity contribution in [2.24, 2.45) is 0 Å². The van der Waals surface area contributed by atoms with Crippen LogP contribution in [0.5, 0.6) is 0 Å². The molecule has 0 atom stereocenters. The second-order valence-corrected chi connectivity index (χ2v) is 3.04. The van der Waals surface area contributed by atoms with Gasteiger partial charge in [-0.3, -0.25) is 4.98 Å². The predicted octanol–water partition coefficient (Wildman–Crippen LogP) is 2.41. The molecule has 2 nitrogen and oxygen atoms in total. The van der Waals surface area contributed by atoms with Crippen molar-refractivity contribution in [1.29, 1.82) is 0 Å². The Labute approximate surface area is 80.5 Å². The monoisotopic (exact) mass is 255 g/mol. The van der Waals surface area contributed by atoms with Gasteiger partial charge in [0, 0.05) is 5.56 Å². The van der Waals surface area contributed by atoms with Crippen molar-refractivity contribution in [3.05, 3.63) is 27.7 Å². The van der Waals surface area contributed by atoms with E-state index in [2.05, 4.69) is 20.9 Å². The number of aromatic nitrogens is 1. The smallest absolute Gasteiger partial charge is 0.281 e. The van der Waals surface area contributed by atoms with E-state index in [0.717, 1.165) is 0 Å². The lowest BCUT2D eigenvalue weighted by atomic mass is 10.2. The van der Waals surface area contributed by atoms with Gasteiger partial charge in [-0.1, -0.05) is 0 Å². The standard InChI is InChI=1S/C7H5BrF3NO/c8-5-3(2-13)4(9)1-12-6(5)7(10)11/h1,7,13H,2H2. The SMILES string of the molecule is OCc1c(F)cnc(C(F)F)c1Br. The van der Waals surface area contributed by atoms with E-state index in [1.54, 1.807) is 0 Å². The van der Waals surface area contributed by atoms with Crippen LogP contribution in [-0.4, -0.2) is 10.1 Å². The minimum absolute atomic E-state index is 0.176. The molecule has 0 aliphatic heterocycles. The highest BCUT2D eigenvalue weighted by atomic mass is 79.9. The fraction of sp³-hybridized carbons (Fsp3) is 0.286. The molecule has 0 unspecified atom stereocenters. The Morgan fingerprint density at radius 3 is 2.62 bits per heavy atom. The molecule has 0 aliphatic rings. The van der Waals surface area contributed by atoms with Gasteiger partial charge in [0.1, 0.15) is 11.5 Å². The summed E-state index contributed by atoms with van der Waals surface area (Å²) in [5.41, 5.74) is -0.768. The highest BCUT2D eigenvalue weighted by Gasteiger charge is 2.18. The third-order valence-corrected chi connectivity index (χ3v) is 2.34. The first-order valence-electron chi connectivity index (χ1n) is 3.29. The first kappa shape index (κ1) is 10.5. The third kappa shape index (κ3) is 2.00. The minimum Gasteiger partial charge on any atom is -0.392 e. The maximum Gasteiger partial charge on any atom is 0.281 e. The van der Waals surface area contributed by atoms with Crippen LogP contribution < -0.4 is 0 Å². The molecule has 0 spiro atoms. The van der Waals surface area contributed by atoms with Crippen LogP contribution in [0.25, 0.3) is 0 Å². The lowest BCUT2D eigenvalue weighted by molar-refractivity contribution is 0.144. The van der Waals surface area contributed by atoms with Crippen LogP contribution in [0.2, 0.25) is 0 Å². The fourth-order valence-electron chi connectivity index (χ4n) is 0.817.